The van der Waals surface area contributed by atoms with Crippen LogP contribution in [0.3, 0.4) is 0 Å². The van der Waals surface area contributed by atoms with E-state index in [-0.39, 0.29) is 40.6 Å². The first-order chi connectivity index (χ1) is 11.2. The minimum Gasteiger partial charge on any atom is -0.377 e. The third kappa shape index (κ3) is 3.15. The number of hydrogen-bond acceptors (Lipinski definition) is 4. The molecular formula is C18H31NO4S. The van der Waals surface area contributed by atoms with E-state index in [1.807, 2.05) is 26.0 Å². The van der Waals surface area contributed by atoms with Crippen LogP contribution in [0, 0.1) is 22.7 Å². The van der Waals surface area contributed by atoms with Gasteiger partial charge < -0.3 is 10.1 Å². The van der Waals surface area contributed by atoms with Crippen LogP contribution in [-0.4, -0.2) is 39.3 Å². The molecular weight excluding hydrogens is 326 g/mol. The fourth-order valence-electron chi connectivity index (χ4n) is 4.98. The summed E-state index contributed by atoms with van der Waals surface area (Å²) >= 11 is 0. The lowest BCUT2D eigenvalue weighted by atomic mass is 9.69. The number of carbonyl (C=O) groups excluding carboxylic acids is 1. The largest absolute Gasteiger partial charge is 0.377 e. The average Bonchev–Trinajstić information content (AvgIpc) is 2.85. The minimum atomic E-state index is -2.47. The van der Waals surface area contributed by atoms with E-state index in [4.69, 9.17) is 4.74 Å². The topological polar surface area (TPSA) is 72.5 Å². The maximum absolute atomic E-state index is 12.7. The highest BCUT2D eigenvalue weighted by Crippen LogP contribution is 2.65. The standard InChI is InChI=1S/C18H31NO4S/c1-6-7-14(23-5)12(2)16(20)19-15-10-13-8-9-18(15,11-24(21)22)17(13,3)4/h6-7,12-15,24H,8-11H2,1-5H3,(H,19,20)/b7-6+/t12-,13?,14-,15?,18?/m1/s1. The van der Waals surface area contributed by atoms with Crippen molar-refractivity contribution in [2.75, 3.05) is 12.9 Å². The number of fused-ring (bicyclic) bond motifs is 2. The molecule has 6 heteroatoms. The van der Waals surface area contributed by atoms with Crippen molar-refractivity contribution in [1.29, 1.82) is 0 Å². The molecule has 0 radical (unpaired) electrons. The Kier molecular flexibility index (Phi) is 5.80. The van der Waals surface area contributed by atoms with Gasteiger partial charge in [-0.05, 0) is 37.5 Å². The zero-order chi connectivity index (χ0) is 18.1. The number of thiol groups is 1. The molecule has 0 heterocycles. The highest BCUT2D eigenvalue weighted by molar-refractivity contribution is 7.72. The third-order valence-electron chi connectivity index (χ3n) is 6.72. The van der Waals surface area contributed by atoms with Crippen molar-refractivity contribution in [3.63, 3.8) is 0 Å². The van der Waals surface area contributed by atoms with Gasteiger partial charge in [-0.15, -0.1) is 0 Å². The second-order valence-electron chi connectivity index (χ2n) is 7.92. The molecule has 0 aromatic heterocycles. The van der Waals surface area contributed by atoms with Gasteiger partial charge in [-0.2, -0.15) is 0 Å². The SMILES string of the molecule is C/C=C/[C@@H](OC)[C@@H](C)C(=O)NC1CC2CCC1(C[SH](=O)=O)C2(C)C. The van der Waals surface area contributed by atoms with Crippen molar-refractivity contribution in [3.8, 4) is 0 Å². The molecule has 2 fully saturated rings. The number of amides is 1. The van der Waals surface area contributed by atoms with E-state index in [1.165, 1.54) is 0 Å². The number of carbonyl (C=O) groups is 1. The van der Waals surface area contributed by atoms with Crippen LogP contribution in [-0.2, 0) is 20.2 Å². The van der Waals surface area contributed by atoms with E-state index in [2.05, 4.69) is 19.2 Å². The van der Waals surface area contributed by atoms with E-state index in [0.717, 1.165) is 19.3 Å². The van der Waals surface area contributed by atoms with E-state index >= 15 is 0 Å². The van der Waals surface area contributed by atoms with Crippen molar-refractivity contribution in [1.82, 2.24) is 5.32 Å². The van der Waals surface area contributed by atoms with Gasteiger partial charge in [-0.3, -0.25) is 4.79 Å². The fraction of sp³-hybridized carbons (Fsp3) is 0.833. The number of allylic oxidation sites excluding steroid dienone is 1. The molecule has 1 amide bonds. The van der Waals surface area contributed by atoms with Gasteiger partial charge in [0.2, 0.25) is 5.91 Å². The highest BCUT2D eigenvalue weighted by atomic mass is 32.2. The first-order valence-electron chi connectivity index (χ1n) is 8.77. The number of rotatable bonds is 7. The Labute approximate surface area is 147 Å². The van der Waals surface area contributed by atoms with Crippen LogP contribution >= 0.6 is 0 Å². The first kappa shape index (κ1) is 19.4. The number of hydrogen-bond donors (Lipinski definition) is 2. The lowest BCUT2D eigenvalue weighted by Gasteiger charge is -2.41. The Bertz CT molecular complexity index is 576. The summed E-state index contributed by atoms with van der Waals surface area (Å²) in [5, 5.41) is 3.16. The summed E-state index contributed by atoms with van der Waals surface area (Å²) < 4.78 is 28.4. The van der Waals surface area contributed by atoms with Gasteiger partial charge >= 0.3 is 0 Å². The second-order valence-corrected chi connectivity index (χ2v) is 8.90. The average molecular weight is 358 g/mol. The lowest BCUT2D eigenvalue weighted by Crippen LogP contribution is -2.53. The van der Waals surface area contributed by atoms with Gasteiger partial charge in [0.15, 0.2) is 0 Å². The van der Waals surface area contributed by atoms with Crippen LogP contribution in [0.5, 0.6) is 0 Å². The lowest BCUT2D eigenvalue weighted by molar-refractivity contribution is -0.129. The molecule has 3 unspecified atom stereocenters. The quantitative estimate of drug-likeness (QED) is 0.541. The summed E-state index contributed by atoms with van der Waals surface area (Å²) in [6, 6.07) is -0.0720. The van der Waals surface area contributed by atoms with Crippen molar-refractivity contribution in [2.45, 2.75) is 59.1 Å². The molecule has 0 saturated heterocycles. The first-order valence-corrected chi connectivity index (χ1v) is 10.1. The molecule has 2 bridgehead atoms. The molecule has 0 aromatic rings. The summed E-state index contributed by atoms with van der Waals surface area (Å²) in [5.41, 5.74) is -0.404. The molecule has 24 heavy (non-hydrogen) atoms. The summed E-state index contributed by atoms with van der Waals surface area (Å²) in [5.74, 6) is 0.260. The second kappa shape index (κ2) is 7.16. The van der Waals surface area contributed by atoms with Gasteiger partial charge in [-0.25, -0.2) is 8.42 Å². The Morgan fingerprint density at radius 1 is 1.42 bits per heavy atom. The number of ether oxygens (including phenoxy) is 1. The van der Waals surface area contributed by atoms with Gasteiger partial charge in [0.25, 0.3) is 0 Å². The van der Waals surface area contributed by atoms with Crippen LogP contribution in [0.2, 0.25) is 0 Å². The van der Waals surface area contributed by atoms with Crippen LogP contribution in [0.25, 0.3) is 0 Å². The third-order valence-corrected chi connectivity index (χ3v) is 7.54. The summed E-state index contributed by atoms with van der Waals surface area (Å²) in [4.78, 5) is 12.7. The Balaban J connectivity index is 2.18. The van der Waals surface area contributed by atoms with Crippen LogP contribution in [0.1, 0.15) is 47.0 Å². The fourth-order valence-corrected chi connectivity index (χ4v) is 6.23. The highest BCUT2D eigenvalue weighted by Gasteiger charge is 2.64. The van der Waals surface area contributed by atoms with E-state index < -0.39 is 10.7 Å². The Morgan fingerprint density at radius 2 is 2.08 bits per heavy atom. The molecule has 2 rings (SSSR count). The van der Waals surface area contributed by atoms with Gasteiger partial charge in [-0.1, -0.05) is 32.9 Å². The van der Waals surface area contributed by atoms with Crippen LogP contribution in [0.4, 0.5) is 0 Å². The maximum atomic E-state index is 12.7. The molecule has 2 aliphatic rings. The van der Waals surface area contributed by atoms with E-state index in [0.29, 0.717) is 5.92 Å². The summed E-state index contributed by atoms with van der Waals surface area (Å²) in [6.07, 6.45) is 6.28. The van der Waals surface area contributed by atoms with E-state index in [1.54, 1.807) is 7.11 Å². The molecule has 5 nitrogen and oxygen atoms in total. The molecule has 0 spiro atoms. The predicted octanol–water partition coefficient (Wildman–Crippen LogP) is 2.14. The van der Waals surface area contributed by atoms with Crippen molar-refractivity contribution >= 4 is 16.6 Å². The maximum Gasteiger partial charge on any atom is 0.226 e. The van der Waals surface area contributed by atoms with Crippen molar-refractivity contribution in [3.05, 3.63) is 12.2 Å². The van der Waals surface area contributed by atoms with Crippen molar-refractivity contribution < 1.29 is 17.9 Å². The van der Waals surface area contributed by atoms with Crippen LogP contribution in [0.15, 0.2) is 12.2 Å². The smallest absolute Gasteiger partial charge is 0.226 e. The van der Waals surface area contributed by atoms with Crippen LogP contribution < -0.4 is 5.32 Å². The Morgan fingerprint density at radius 3 is 2.58 bits per heavy atom. The molecule has 0 aliphatic heterocycles. The molecule has 2 saturated carbocycles. The molecule has 5 atom stereocenters. The number of nitrogens with one attached hydrogen (secondary N) is 1. The molecule has 138 valence electrons. The molecule has 1 N–H and O–H groups in total. The predicted molar refractivity (Wildman–Crippen MR) is 95.4 cm³/mol. The Hall–Kier alpha value is -0.880. The number of methoxy groups -OCH3 is 1. The summed E-state index contributed by atoms with van der Waals surface area (Å²) in [7, 11) is -0.877. The van der Waals surface area contributed by atoms with Gasteiger partial charge in [0, 0.05) is 18.6 Å². The minimum absolute atomic E-state index is 0.0613. The van der Waals surface area contributed by atoms with Gasteiger partial charge in [0.05, 0.1) is 17.8 Å². The monoisotopic (exact) mass is 357 g/mol. The zero-order valence-electron chi connectivity index (χ0n) is 15.4. The van der Waals surface area contributed by atoms with Crippen molar-refractivity contribution in [2.24, 2.45) is 22.7 Å². The van der Waals surface area contributed by atoms with Gasteiger partial charge in [0.1, 0.15) is 10.7 Å². The van der Waals surface area contributed by atoms with E-state index in [9.17, 15) is 13.2 Å². The normalized spacial score (nSPS) is 33.9. The molecule has 2 aliphatic carbocycles. The summed E-state index contributed by atoms with van der Waals surface area (Å²) in [6.45, 7) is 8.07. The molecule has 0 aromatic carbocycles. The zero-order valence-corrected chi connectivity index (χ0v) is 16.3.